The van der Waals surface area contributed by atoms with Crippen molar-refractivity contribution in [3.8, 4) is 0 Å². The number of aliphatic hydroxyl groups excluding tert-OH is 9. The molecule has 14 N–H and O–H groups in total. The standard InChI is InChI=1S/C14H26NO8P.2C11H20O7.C7H12NO5P.C7H10NO4P.3C7H16O4.CH5P.HI/c1-3-10(7-16)23-14(20-2)8-21-12(18)5-4-11(17)15-6-13(19)22-9-24;2*1-3-8(6-12)18-11(16-2)7-17-10(15)5-4-9(13)14;9-5(1-2-6(10)11)8-3-7(12)13-4-14;9-5-1-2-6(10)8(5)3-7(11)12-4-13;3*1-3-6(4-8)11-7(5-9)10-2;1-2;/h10,14,16H,3-9,24H2,1-2H3,(H,15,17);2*8,11-12H,3-7H2,1-2H3,(H,13,14);1-4,14H2,(H,8,9)(H,10,11);1-4,13H2;3*6-9H,3-5H2,1-2H3;2H2,1H3;1H/i24T;;;14T;13T;;;;1T;. The predicted molar refractivity (Wildman–Crippen MR) is 457 cm³/mol. The molecule has 0 radical (unpaired) electrons. The lowest BCUT2D eigenvalue weighted by Crippen LogP contribution is -2.35. The fraction of sp³-hybridized carbons (Fsp3) is 0.819. The molecule has 4 amide bonds. The first kappa shape index (κ1) is 126. The topological polar surface area (TPSA) is 658 Å². The number of hydrogen-bond acceptors (Lipinski definition) is 40. The minimum absolute atomic E-state index is 0. The van der Waals surface area contributed by atoms with Gasteiger partial charge in [0.05, 0.1) is 138 Å². The van der Waals surface area contributed by atoms with E-state index >= 15 is 0 Å². The third kappa shape index (κ3) is 88.7. The average molecular weight is 2000 g/mol. The van der Waals surface area contributed by atoms with Gasteiger partial charge in [0.25, 0.3) is 0 Å². The maximum atomic E-state index is 11.6. The van der Waals surface area contributed by atoms with Crippen LogP contribution in [0.3, 0.4) is 0 Å². The Balaban J connectivity index is -0.000000181. The highest BCUT2D eigenvalue weighted by Gasteiger charge is 2.31. The van der Waals surface area contributed by atoms with E-state index in [1.807, 2.05) is 41.5 Å². The number of esters is 6. The Morgan fingerprint density at radius 2 is 0.577 bits per heavy atom. The Bertz CT molecular complexity index is 2560. The van der Waals surface area contributed by atoms with Crippen molar-refractivity contribution in [3.63, 3.8) is 0 Å². The molecule has 16 unspecified atom stereocenters. The summed E-state index contributed by atoms with van der Waals surface area (Å²) in [5.41, 5.74) is 0. The fourth-order valence-corrected chi connectivity index (χ4v) is 7.78. The van der Waals surface area contributed by atoms with Crippen molar-refractivity contribution in [2.24, 2.45) is 0 Å². The molecule has 1 rings (SSSR count). The number of halogens is 1. The summed E-state index contributed by atoms with van der Waals surface area (Å²) in [5, 5.41) is 109. The first-order chi connectivity index (χ1) is 60.0. The molecule has 1 aliphatic heterocycles. The van der Waals surface area contributed by atoms with E-state index in [1.54, 1.807) is 0 Å². The number of ether oxygens (including phenoxy) is 18. The van der Waals surface area contributed by atoms with Crippen molar-refractivity contribution in [1.29, 1.82) is 3.84 Å². The van der Waals surface area contributed by atoms with Crippen LogP contribution in [0.2, 0.25) is 0 Å². The van der Waals surface area contributed by atoms with Crippen LogP contribution in [0.1, 0.15) is 146 Å². The number of aliphatic hydroxyl groups is 9. The third-order valence-electron chi connectivity index (χ3n) is 14.4. The molecule has 730 valence electrons. The number of likely N-dealkylation sites (tertiary alicyclic amines) is 1. The summed E-state index contributed by atoms with van der Waals surface area (Å²) in [4.78, 5) is 143. The number of methoxy groups -OCH3 is 6. The van der Waals surface area contributed by atoms with Gasteiger partial charge in [0.15, 0.2) is 37.7 Å². The van der Waals surface area contributed by atoms with Crippen molar-refractivity contribution in [2.75, 3.05) is 167 Å². The predicted octanol–water partition coefficient (Wildman–Crippen LogP) is -0.950. The summed E-state index contributed by atoms with van der Waals surface area (Å²) >= 11 is 0. The third-order valence-corrected chi connectivity index (χ3v) is 14.8. The molecule has 0 saturated carbocycles. The molecule has 0 aromatic heterocycles. The molecule has 0 spiro atoms. The summed E-state index contributed by atoms with van der Waals surface area (Å²) in [6.45, 7) is 9.10. The molecular formula is C72H142IN3O43P4. The van der Waals surface area contributed by atoms with Gasteiger partial charge in [-0.3, -0.25) is 67.2 Å². The highest BCUT2D eigenvalue weighted by molar-refractivity contribution is 14.0. The Hall–Kier alpha value is -5.08. The van der Waals surface area contributed by atoms with Gasteiger partial charge in [0.2, 0.25) is 23.6 Å². The molecule has 123 heavy (non-hydrogen) atoms. The lowest BCUT2D eigenvalue weighted by Gasteiger charge is -2.21. The van der Waals surface area contributed by atoms with Crippen molar-refractivity contribution in [1.82, 2.24) is 15.5 Å². The van der Waals surface area contributed by atoms with E-state index in [0.29, 0.717) is 45.2 Å². The smallest absolute Gasteiger partial charge is 0.326 e. The second kappa shape index (κ2) is 97.5. The average Bonchev–Trinajstić information content (AvgIpc) is 1.73. The van der Waals surface area contributed by atoms with E-state index in [9.17, 15) is 62.3 Å². The van der Waals surface area contributed by atoms with Crippen LogP contribution in [-0.2, 0) is 148 Å². The molecule has 0 aliphatic carbocycles. The van der Waals surface area contributed by atoms with Gasteiger partial charge in [-0.15, -0.1) is 33.2 Å². The van der Waals surface area contributed by atoms with Gasteiger partial charge in [-0.25, -0.2) is 0 Å². The normalized spacial score (nSPS) is 14.6. The second-order valence-corrected chi connectivity index (χ2v) is 24.1. The number of carbonyl (C=O) groups excluding carboxylic acids is 10. The largest absolute Gasteiger partial charge is 0.481 e. The van der Waals surface area contributed by atoms with Crippen LogP contribution in [0.25, 0.3) is 0 Å². The number of nitrogens with zero attached hydrogens (tertiary/aromatic N) is 1. The van der Waals surface area contributed by atoms with Crippen LogP contribution in [0, 0.1) is 0 Å². The Labute approximate surface area is 750 Å². The number of carboxylic acid groups (broad SMARTS) is 3. The van der Waals surface area contributed by atoms with Gasteiger partial charge in [-0.05, 0) is 38.5 Å². The van der Waals surface area contributed by atoms with E-state index in [1.165, 1.54) is 42.7 Å². The maximum Gasteiger partial charge on any atom is 0.326 e. The number of nitrogens with one attached hydrogen (secondary N) is 2. The molecule has 1 aliphatic rings. The zero-order valence-electron chi connectivity index (χ0n) is 76.1. The van der Waals surface area contributed by atoms with Gasteiger partial charge in [0.1, 0.15) is 58.5 Å². The van der Waals surface area contributed by atoms with Crippen LogP contribution < -0.4 is 10.6 Å². The zero-order valence-corrected chi connectivity index (χ0v) is 78.6. The quantitative estimate of drug-likeness (QED) is 0.00872. The molecule has 1 saturated heterocycles. The number of carboxylic acids is 3. The van der Waals surface area contributed by atoms with Gasteiger partial charge < -0.3 is 157 Å². The summed E-state index contributed by atoms with van der Waals surface area (Å²) in [5.74, 6) is -8.61. The molecule has 0 aromatic rings. The zero-order chi connectivity index (χ0) is 98.0. The summed E-state index contributed by atoms with van der Waals surface area (Å²) < 4.78 is 115. The van der Waals surface area contributed by atoms with Crippen LogP contribution in [0.15, 0.2) is 0 Å². The van der Waals surface area contributed by atoms with Crippen molar-refractivity contribution >= 4 is 138 Å². The highest BCUT2D eigenvalue weighted by atomic mass is 127. The first-order valence-corrected chi connectivity index (χ1v) is 40.9. The molecule has 1 fully saturated rings. The molecule has 51 heteroatoms. The van der Waals surface area contributed by atoms with Gasteiger partial charge in [-0.1, -0.05) is 75.7 Å². The van der Waals surface area contributed by atoms with Gasteiger partial charge >= 0.3 is 53.7 Å². The first-order valence-electron chi connectivity index (χ1n) is 40.2. The molecule has 0 bridgehead atoms. The van der Waals surface area contributed by atoms with Crippen LogP contribution in [0.5, 0.6) is 0 Å². The lowest BCUT2D eigenvalue weighted by atomic mass is 10.3. The molecule has 16 atom stereocenters. The van der Waals surface area contributed by atoms with Crippen molar-refractivity contribution < 1.29 is 210 Å². The molecule has 1 heterocycles. The number of hydrogen-bond donors (Lipinski definition) is 14. The number of rotatable bonds is 63. The Kier molecular flexibility index (Phi) is 100. The second-order valence-electron chi connectivity index (χ2n) is 23.3. The van der Waals surface area contributed by atoms with Crippen LogP contribution >= 0.6 is 60.8 Å². The van der Waals surface area contributed by atoms with Crippen LogP contribution in [0.4, 0.5) is 0 Å². The fourth-order valence-electron chi connectivity index (χ4n) is 7.30. The SMILES string of the molecule is CCC(CO)OC(CO)OC.CCC(CO)OC(CO)OC.CCC(CO)OC(CO)OC.CCC(CO)OC(COC(=O)CCC(=O)O)OC.CCC(CO)OC(COC(=O)CCC(=O)O)OC.I.[3H]CP.[3H]PCOC(=O)CN1C(=O)CCC1=O.[3H]PCOC(=O)CNC(=O)CCC(=O)O.[3H]PCOC(=O)CNC(=O)CCC(=O)OCC(OC)OC(CC)CO. The minimum atomic E-state index is -1.07. The Morgan fingerprint density at radius 3 is 0.789 bits per heavy atom. The highest BCUT2D eigenvalue weighted by Crippen LogP contribution is 2.13. The summed E-state index contributed by atoms with van der Waals surface area (Å²) in [6.07, 6.45) is -3.49. The summed E-state index contributed by atoms with van der Waals surface area (Å²) in [6, 6.07) is 0. The number of aliphatic carboxylic acids is 3. The van der Waals surface area contributed by atoms with E-state index < -0.39 is 109 Å². The monoisotopic (exact) mass is 2000 g/mol. The van der Waals surface area contributed by atoms with E-state index in [2.05, 4.69) is 34.1 Å². The van der Waals surface area contributed by atoms with E-state index in [4.69, 9.17) is 138 Å². The van der Waals surface area contributed by atoms with Gasteiger partial charge in [-0.2, -0.15) is 0 Å². The number of imide groups is 1. The number of carbonyl (C=O) groups is 13. The minimum Gasteiger partial charge on any atom is -0.481 e. The van der Waals surface area contributed by atoms with E-state index in [-0.39, 0.29) is 276 Å². The summed E-state index contributed by atoms with van der Waals surface area (Å²) in [7, 11) is 10.0. The molecule has 46 nitrogen and oxygen atoms in total. The lowest BCUT2D eigenvalue weighted by molar-refractivity contribution is -0.195. The van der Waals surface area contributed by atoms with Gasteiger partial charge in [0, 0.05) is 69.7 Å². The molecule has 0 aromatic carbocycles. The van der Waals surface area contributed by atoms with Crippen molar-refractivity contribution in [2.45, 2.75) is 219 Å². The van der Waals surface area contributed by atoms with E-state index in [0.717, 1.165) is 4.90 Å². The molecular weight excluding hydrogens is 1850 g/mol. The van der Waals surface area contributed by atoms with Crippen LogP contribution in [-0.4, -0.2) is 389 Å². The Morgan fingerprint density at radius 1 is 0.358 bits per heavy atom. The number of amides is 4. The van der Waals surface area contributed by atoms with Crippen molar-refractivity contribution in [3.05, 3.63) is 0 Å². The maximum absolute atomic E-state index is 11.6.